The average Bonchev–Trinajstić information content (AvgIpc) is 3.09. The molecule has 0 amide bonds. The summed E-state index contributed by atoms with van der Waals surface area (Å²) < 4.78 is 26.8. The van der Waals surface area contributed by atoms with Gasteiger partial charge in [0.25, 0.3) is 6.43 Å². The topological polar surface area (TPSA) is 70.4 Å². The number of likely N-dealkylation sites (tertiary alicyclic amines) is 1. The smallest absolute Gasteiger partial charge is 0.251 e. The molecule has 0 aromatic carbocycles. The third-order valence-electron chi connectivity index (χ3n) is 4.23. The SMILES string of the molecule is CCNC(=NCCCCn1cnnc1)NC1CCN(CC(F)F)CC1.I. The monoisotopic (exact) mass is 485 g/mol. The Morgan fingerprint density at radius 3 is 2.54 bits per heavy atom. The first-order chi connectivity index (χ1) is 12.2. The van der Waals surface area contributed by atoms with Crippen molar-refractivity contribution in [2.45, 2.75) is 51.6 Å². The largest absolute Gasteiger partial charge is 0.357 e. The van der Waals surface area contributed by atoms with Crippen molar-refractivity contribution in [3.05, 3.63) is 12.7 Å². The lowest BCUT2D eigenvalue weighted by Crippen LogP contribution is -2.49. The average molecular weight is 485 g/mol. The van der Waals surface area contributed by atoms with Crippen LogP contribution >= 0.6 is 24.0 Å². The fourth-order valence-corrected chi connectivity index (χ4v) is 2.90. The first kappa shape index (κ1) is 23.0. The first-order valence-electron chi connectivity index (χ1n) is 9.05. The second kappa shape index (κ2) is 13.2. The number of rotatable bonds is 9. The summed E-state index contributed by atoms with van der Waals surface area (Å²) in [4.78, 5) is 6.45. The minimum absolute atomic E-state index is 0. The molecule has 10 heteroatoms. The first-order valence-corrected chi connectivity index (χ1v) is 9.05. The third kappa shape index (κ3) is 9.06. The van der Waals surface area contributed by atoms with Crippen molar-refractivity contribution >= 4 is 29.9 Å². The Kier molecular flexibility index (Phi) is 11.7. The molecule has 7 nitrogen and oxygen atoms in total. The zero-order chi connectivity index (χ0) is 17.9. The van der Waals surface area contributed by atoms with Crippen molar-refractivity contribution in [1.82, 2.24) is 30.3 Å². The molecule has 0 saturated carbocycles. The van der Waals surface area contributed by atoms with Crippen molar-refractivity contribution in [3.8, 4) is 0 Å². The molecule has 2 rings (SSSR count). The van der Waals surface area contributed by atoms with Gasteiger partial charge in [-0.3, -0.25) is 9.89 Å². The molecule has 2 N–H and O–H groups in total. The standard InChI is InChI=1S/C16H29F2N7.HI/c1-2-19-16(20-7-3-4-8-25-12-21-22-13-25)23-14-5-9-24(10-6-14)11-15(17)18;/h12-15H,2-11H2,1H3,(H2,19,20,23);1H. The molecule has 0 radical (unpaired) electrons. The Labute approximate surface area is 171 Å². The minimum atomic E-state index is -2.25. The summed E-state index contributed by atoms with van der Waals surface area (Å²) in [5.74, 6) is 0.819. The third-order valence-corrected chi connectivity index (χ3v) is 4.23. The van der Waals surface area contributed by atoms with Crippen LogP contribution in [0.4, 0.5) is 8.78 Å². The van der Waals surface area contributed by atoms with E-state index in [2.05, 4.69) is 25.8 Å². The lowest BCUT2D eigenvalue weighted by atomic mass is 10.1. The van der Waals surface area contributed by atoms with Gasteiger partial charge in [-0.25, -0.2) is 8.78 Å². The Balaban J connectivity index is 0.00000338. The number of aryl methyl sites for hydroxylation is 1. The van der Waals surface area contributed by atoms with E-state index in [0.29, 0.717) is 19.1 Å². The van der Waals surface area contributed by atoms with Crippen LogP contribution < -0.4 is 10.6 Å². The second-order valence-electron chi connectivity index (χ2n) is 6.28. The molecule has 0 aliphatic carbocycles. The molecule has 150 valence electrons. The number of nitrogens with zero attached hydrogens (tertiary/aromatic N) is 5. The lowest BCUT2D eigenvalue weighted by Gasteiger charge is -2.32. The van der Waals surface area contributed by atoms with E-state index in [-0.39, 0.29) is 30.5 Å². The number of halogens is 3. The van der Waals surface area contributed by atoms with Crippen LogP contribution in [-0.4, -0.2) is 70.8 Å². The molecular weight excluding hydrogens is 455 g/mol. The van der Waals surface area contributed by atoms with Crippen LogP contribution in [0.15, 0.2) is 17.6 Å². The van der Waals surface area contributed by atoms with Gasteiger partial charge >= 0.3 is 0 Å². The lowest BCUT2D eigenvalue weighted by molar-refractivity contribution is 0.0744. The summed E-state index contributed by atoms with van der Waals surface area (Å²) >= 11 is 0. The van der Waals surface area contributed by atoms with Crippen LogP contribution in [-0.2, 0) is 6.54 Å². The van der Waals surface area contributed by atoms with Crippen molar-refractivity contribution in [3.63, 3.8) is 0 Å². The molecule has 1 aromatic rings. The van der Waals surface area contributed by atoms with Gasteiger partial charge in [0.1, 0.15) is 12.7 Å². The summed E-state index contributed by atoms with van der Waals surface area (Å²) in [6.07, 6.45) is 4.93. The number of nitrogens with one attached hydrogen (secondary N) is 2. The molecule has 1 aromatic heterocycles. The number of alkyl halides is 2. The number of piperidine rings is 1. The van der Waals surface area contributed by atoms with Crippen LogP contribution in [0.5, 0.6) is 0 Å². The van der Waals surface area contributed by atoms with E-state index in [9.17, 15) is 8.78 Å². The Bertz CT molecular complexity index is 491. The number of aliphatic imine (C=N–C) groups is 1. The molecular formula is C16H30F2IN7. The number of hydrogen-bond acceptors (Lipinski definition) is 4. The molecule has 26 heavy (non-hydrogen) atoms. The maximum absolute atomic E-state index is 12.4. The van der Waals surface area contributed by atoms with E-state index in [1.807, 2.05) is 16.4 Å². The summed E-state index contributed by atoms with van der Waals surface area (Å²) in [5, 5.41) is 14.3. The summed E-state index contributed by atoms with van der Waals surface area (Å²) in [5.41, 5.74) is 0. The van der Waals surface area contributed by atoms with Crippen LogP contribution in [0.1, 0.15) is 32.6 Å². The normalized spacial score (nSPS) is 16.5. The number of hydrogen-bond donors (Lipinski definition) is 2. The van der Waals surface area contributed by atoms with E-state index >= 15 is 0 Å². The van der Waals surface area contributed by atoms with Gasteiger partial charge in [-0.15, -0.1) is 34.2 Å². The highest BCUT2D eigenvalue weighted by molar-refractivity contribution is 14.0. The van der Waals surface area contributed by atoms with Gasteiger partial charge in [-0.1, -0.05) is 0 Å². The van der Waals surface area contributed by atoms with E-state index < -0.39 is 6.43 Å². The van der Waals surface area contributed by atoms with Crippen LogP contribution in [0, 0.1) is 0 Å². The Morgan fingerprint density at radius 1 is 1.23 bits per heavy atom. The van der Waals surface area contributed by atoms with Crippen molar-refractivity contribution in [1.29, 1.82) is 0 Å². The Hall–Kier alpha value is -1.04. The maximum Gasteiger partial charge on any atom is 0.251 e. The number of guanidine groups is 1. The quantitative estimate of drug-likeness (QED) is 0.242. The van der Waals surface area contributed by atoms with Crippen LogP contribution in [0.2, 0.25) is 0 Å². The van der Waals surface area contributed by atoms with Crippen molar-refractivity contribution in [2.75, 3.05) is 32.7 Å². The van der Waals surface area contributed by atoms with Crippen LogP contribution in [0.25, 0.3) is 0 Å². The summed E-state index contributed by atoms with van der Waals surface area (Å²) in [6, 6.07) is 0.295. The van der Waals surface area contributed by atoms with E-state index in [0.717, 1.165) is 51.3 Å². The highest BCUT2D eigenvalue weighted by Crippen LogP contribution is 2.11. The molecule has 1 aliphatic rings. The molecule has 0 bridgehead atoms. The predicted octanol–water partition coefficient (Wildman–Crippen LogP) is 1.96. The molecule has 1 aliphatic heterocycles. The number of aromatic nitrogens is 3. The van der Waals surface area contributed by atoms with E-state index in [4.69, 9.17) is 0 Å². The fourth-order valence-electron chi connectivity index (χ4n) is 2.90. The van der Waals surface area contributed by atoms with Gasteiger partial charge in [-0.2, -0.15) is 0 Å². The van der Waals surface area contributed by atoms with E-state index in [1.165, 1.54) is 0 Å². The van der Waals surface area contributed by atoms with Gasteiger partial charge in [0.05, 0.1) is 6.54 Å². The van der Waals surface area contributed by atoms with Gasteiger partial charge in [0.2, 0.25) is 0 Å². The molecule has 1 fully saturated rings. The second-order valence-corrected chi connectivity index (χ2v) is 6.28. The maximum atomic E-state index is 12.4. The molecule has 0 atom stereocenters. The molecule has 0 spiro atoms. The number of unbranched alkanes of at least 4 members (excludes halogenated alkanes) is 1. The van der Waals surface area contributed by atoms with Crippen molar-refractivity contribution in [2.24, 2.45) is 4.99 Å². The van der Waals surface area contributed by atoms with Gasteiger partial charge in [0, 0.05) is 38.8 Å². The van der Waals surface area contributed by atoms with Gasteiger partial charge in [0.15, 0.2) is 5.96 Å². The Morgan fingerprint density at radius 2 is 1.92 bits per heavy atom. The zero-order valence-corrected chi connectivity index (χ0v) is 17.6. The highest BCUT2D eigenvalue weighted by Gasteiger charge is 2.21. The molecule has 1 saturated heterocycles. The summed E-state index contributed by atoms with van der Waals surface area (Å²) in [7, 11) is 0. The molecule has 2 heterocycles. The predicted molar refractivity (Wildman–Crippen MR) is 109 cm³/mol. The van der Waals surface area contributed by atoms with Crippen LogP contribution in [0.3, 0.4) is 0 Å². The zero-order valence-electron chi connectivity index (χ0n) is 15.3. The van der Waals surface area contributed by atoms with E-state index in [1.54, 1.807) is 12.7 Å². The van der Waals surface area contributed by atoms with Gasteiger partial charge in [-0.05, 0) is 32.6 Å². The summed E-state index contributed by atoms with van der Waals surface area (Å²) in [6.45, 7) is 5.79. The minimum Gasteiger partial charge on any atom is -0.357 e. The molecule has 0 unspecified atom stereocenters. The van der Waals surface area contributed by atoms with Gasteiger partial charge < -0.3 is 15.2 Å². The highest BCUT2D eigenvalue weighted by atomic mass is 127. The fraction of sp³-hybridized carbons (Fsp3) is 0.812. The van der Waals surface area contributed by atoms with Crippen molar-refractivity contribution < 1.29 is 8.78 Å².